The molecule has 0 aliphatic rings. The molecule has 0 aromatic carbocycles. The predicted molar refractivity (Wildman–Crippen MR) is 373 cm³/mol. The number of hydrogen-bond donors (Lipinski definition) is 1. The monoisotopic (exact) mass is 1210 g/mol. The van der Waals surface area contributed by atoms with E-state index in [-0.39, 0.29) is 32.2 Å². The summed E-state index contributed by atoms with van der Waals surface area (Å²) in [5, 5.41) is 9.74. The largest absolute Gasteiger partial charge is 0.477 e. The van der Waals surface area contributed by atoms with Crippen LogP contribution in [-0.2, 0) is 33.3 Å². The molecule has 0 amide bonds. The lowest BCUT2D eigenvalue weighted by molar-refractivity contribution is -0.870. The third-order valence-corrected chi connectivity index (χ3v) is 15.2. The van der Waals surface area contributed by atoms with E-state index in [1.54, 1.807) is 0 Å². The summed E-state index contributed by atoms with van der Waals surface area (Å²) >= 11 is 0. The van der Waals surface area contributed by atoms with E-state index in [2.05, 4.69) is 135 Å². The fraction of sp³-hybridized carbons (Fsp3) is 0.705. The maximum absolute atomic E-state index is 12.9. The van der Waals surface area contributed by atoms with Crippen LogP contribution in [0.25, 0.3) is 0 Å². The van der Waals surface area contributed by atoms with Gasteiger partial charge in [-0.25, -0.2) is 4.79 Å². The van der Waals surface area contributed by atoms with Crippen LogP contribution in [0.3, 0.4) is 0 Å². The highest BCUT2D eigenvalue weighted by molar-refractivity contribution is 5.71. The Balaban J connectivity index is 4.12. The van der Waals surface area contributed by atoms with Gasteiger partial charge in [0, 0.05) is 12.8 Å². The summed E-state index contributed by atoms with van der Waals surface area (Å²) in [5.41, 5.74) is 0. The van der Waals surface area contributed by atoms with E-state index >= 15 is 0 Å². The van der Waals surface area contributed by atoms with Crippen molar-refractivity contribution in [3.05, 3.63) is 122 Å². The molecule has 0 radical (unpaired) electrons. The maximum atomic E-state index is 12.9. The number of carboxylic acids is 1. The average Bonchev–Trinajstić information content (AvgIpc) is 3.59. The Kier molecular flexibility index (Phi) is 64.3. The molecular formula is C78H134NO8+. The van der Waals surface area contributed by atoms with E-state index in [1.165, 1.54) is 154 Å². The second-order valence-corrected chi connectivity index (χ2v) is 24.8. The number of nitrogens with zero attached hydrogens (tertiary/aromatic N) is 1. The first kappa shape index (κ1) is 82.7. The number of rotatable bonds is 65. The Hall–Kier alpha value is -4.31. The van der Waals surface area contributed by atoms with Crippen LogP contribution >= 0.6 is 0 Å². The lowest BCUT2D eigenvalue weighted by atomic mass is 10.0. The van der Waals surface area contributed by atoms with Crippen molar-refractivity contribution >= 4 is 17.9 Å². The zero-order valence-electron chi connectivity index (χ0n) is 56.9. The van der Waals surface area contributed by atoms with Gasteiger partial charge in [-0.05, 0) is 89.9 Å². The van der Waals surface area contributed by atoms with Crippen LogP contribution in [0, 0.1) is 0 Å². The van der Waals surface area contributed by atoms with Crippen molar-refractivity contribution in [3.63, 3.8) is 0 Å². The molecule has 0 saturated heterocycles. The highest BCUT2D eigenvalue weighted by Gasteiger charge is 2.25. The second kappa shape index (κ2) is 67.6. The molecule has 498 valence electrons. The summed E-state index contributed by atoms with van der Waals surface area (Å²) in [6.07, 6.45) is 93.1. The van der Waals surface area contributed by atoms with Crippen LogP contribution in [-0.4, -0.2) is 87.4 Å². The van der Waals surface area contributed by atoms with E-state index in [9.17, 15) is 19.5 Å². The third-order valence-electron chi connectivity index (χ3n) is 15.2. The molecule has 0 heterocycles. The molecule has 0 aliphatic carbocycles. The van der Waals surface area contributed by atoms with Crippen molar-refractivity contribution < 1.29 is 42.9 Å². The van der Waals surface area contributed by atoms with E-state index in [0.29, 0.717) is 23.9 Å². The summed E-state index contributed by atoms with van der Waals surface area (Å²) in [7, 11) is 5.98. The lowest BCUT2D eigenvalue weighted by Crippen LogP contribution is -2.40. The Labute approximate surface area is 536 Å². The van der Waals surface area contributed by atoms with Gasteiger partial charge in [0.15, 0.2) is 6.10 Å². The molecule has 2 atom stereocenters. The number of carbonyl (C=O) groups excluding carboxylic acids is 2. The van der Waals surface area contributed by atoms with Crippen LogP contribution in [0.15, 0.2) is 122 Å². The first-order chi connectivity index (χ1) is 42.6. The standard InChI is InChI=1S/C78H133NO8/c1-6-8-10-12-14-16-18-20-22-24-26-28-29-30-31-32-33-34-35-36-37-38-39-40-41-42-43-44-45-46-47-49-51-53-55-57-59-61-63-65-67-69-76(81)87-74(73-86-78(77(82)83)84-71-70-79(3,4)5)72-85-75(80)68-66-64-62-60-58-56-54-52-50-48-27-25-23-21-19-17-15-13-11-9-7-2/h8,10,14,16,20,22,26,28,30-31,33-34,36-37,39-40,42-43,45-46,74,78H,6-7,9,11-13,15,17-19,21,23-25,27,29,32,35,38,41,44,47-73H2,1-5H3/p+1/b10-8-,16-14-,22-20-,28-26-,31-30-,34-33-,37-36-,40-39-,43-42-,46-45-. The quantitative estimate of drug-likeness (QED) is 0.0211. The topological polar surface area (TPSA) is 108 Å². The molecule has 0 rings (SSSR count). The van der Waals surface area contributed by atoms with E-state index in [4.69, 9.17) is 18.9 Å². The van der Waals surface area contributed by atoms with Crippen LogP contribution in [0.4, 0.5) is 0 Å². The summed E-state index contributed by atoms with van der Waals surface area (Å²) in [5.74, 6) is -2.00. The number of carbonyl (C=O) groups is 3. The van der Waals surface area contributed by atoms with Gasteiger partial charge in [0.1, 0.15) is 13.2 Å². The summed E-state index contributed by atoms with van der Waals surface area (Å²) < 4.78 is 23.0. The van der Waals surface area contributed by atoms with E-state index in [0.717, 1.165) is 109 Å². The van der Waals surface area contributed by atoms with E-state index < -0.39 is 24.3 Å². The minimum atomic E-state index is -1.52. The van der Waals surface area contributed by atoms with Crippen molar-refractivity contribution in [2.24, 2.45) is 0 Å². The molecule has 0 spiro atoms. The van der Waals surface area contributed by atoms with Crippen LogP contribution in [0.5, 0.6) is 0 Å². The molecule has 9 heteroatoms. The highest BCUT2D eigenvalue weighted by atomic mass is 16.7. The summed E-state index contributed by atoms with van der Waals surface area (Å²) in [6.45, 7) is 4.79. The number of carboxylic acid groups (broad SMARTS) is 1. The number of allylic oxidation sites excluding steroid dienone is 20. The smallest absolute Gasteiger partial charge is 0.361 e. The number of hydrogen-bond acceptors (Lipinski definition) is 7. The van der Waals surface area contributed by atoms with Gasteiger partial charge >= 0.3 is 17.9 Å². The molecular weight excluding hydrogens is 1080 g/mol. The Morgan fingerprint density at radius 2 is 0.655 bits per heavy atom. The molecule has 0 saturated carbocycles. The molecule has 0 bridgehead atoms. The predicted octanol–water partition coefficient (Wildman–Crippen LogP) is 22.4. The fourth-order valence-corrected chi connectivity index (χ4v) is 9.81. The highest BCUT2D eigenvalue weighted by Crippen LogP contribution is 2.17. The Morgan fingerprint density at radius 1 is 0.356 bits per heavy atom. The molecule has 0 aliphatic heterocycles. The zero-order valence-corrected chi connectivity index (χ0v) is 56.9. The van der Waals surface area contributed by atoms with Gasteiger partial charge < -0.3 is 28.5 Å². The van der Waals surface area contributed by atoms with E-state index in [1.807, 2.05) is 21.1 Å². The van der Waals surface area contributed by atoms with Crippen molar-refractivity contribution in [2.45, 2.75) is 309 Å². The molecule has 0 aromatic rings. The first-order valence-corrected chi connectivity index (χ1v) is 35.7. The van der Waals surface area contributed by atoms with Gasteiger partial charge in [-0.3, -0.25) is 9.59 Å². The minimum absolute atomic E-state index is 0.184. The van der Waals surface area contributed by atoms with Crippen LogP contribution in [0.2, 0.25) is 0 Å². The molecule has 2 unspecified atom stereocenters. The minimum Gasteiger partial charge on any atom is -0.477 e. The van der Waals surface area contributed by atoms with Crippen LogP contribution < -0.4 is 0 Å². The van der Waals surface area contributed by atoms with Crippen molar-refractivity contribution in [1.29, 1.82) is 0 Å². The fourth-order valence-electron chi connectivity index (χ4n) is 9.81. The molecule has 9 nitrogen and oxygen atoms in total. The zero-order chi connectivity index (χ0) is 63.3. The lowest BCUT2D eigenvalue weighted by Gasteiger charge is -2.25. The molecule has 0 fully saturated rings. The normalized spacial score (nSPS) is 13.4. The number of quaternary nitrogens is 1. The number of ether oxygens (including phenoxy) is 4. The van der Waals surface area contributed by atoms with Crippen molar-refractivity contribution in [2.75, 3.05) is 47.5 Å². The van der Waals surface area contributed by atoms with Gasteiger partial charge in [-0.1, -0.05) is 315 Å². The maximum Gasteiger partial charge on any atom is 0.361 e. The molecule has 0 aromatic heterocycles. The second-order valence-electron chi connectivity index (χ2n) is 24.8. The molecule has 1 N–H and O–H groups in total. The summed E-state index contributed by atoms with van der Waals surface area (Å²) in [6, 6.07) is 0. The summed E-state index contributed by atoms with van der Waals surface area (Å²) in [4.78, 5) is 37.6. The number of esters is 2. The Morgan fingerprint density at radius 3 is 0.977 bits per heavy atom. The average molecular weight is 1210 g/mol. The number of likely N-dealkylation sites (N-methyl/N-ethyl adjacent to an activating group) is 1. The van der Waals surface area contributed by atoms with Crippen molar-refractivity contribution in [3.8, 4) is 0 Å². The first-order valence-electron chi connectivity index (χ1n) is 35.7. The van der Waals surface area contributed by atoms with Gasteiger partial charge in [0.05, 0.1) is 34.4 Å². The van der Waals surface area contributed by atoms with Gasteiger partial charge in [0.2, 0.25) is 0 Å². The number of aliphatic carboxylic acids is 1. The van der Waals surface area contributed by atoms with Gasteiger partial charge in [-0.2, -0.15) is 0 Å². The number of unbranched alkanes of at least 4 members (excludes halogenated alkanes) is 30. The SMILES string of the molecule is CC/C=C\C/C=C\C/C=C\C/C=C\C/C=C\C/C=C\C/C=C\C/C=C\C/C=C\C/C=C\CCCCCCCCCCCCC(=O)OC(COC(=O)CCCCCCCCCCCCCCCCCCCCCCC)COC(OCC[N+](C)(C)C)C(=O)O. The Bertz CT molecular complexity index is 1840. The van der Waals surface area contributed by atoms with Gasteiger partial charge in [0.25, 0.3) is 6.29 Å². The van der Waals surface area contributed by atoms with Crippen LogP contribution in [0.1, 0.15) is 296 Å². The molecule has 87 heavy (non-hydrogen) atoms. The van der Waals surface area contributed by atoms with Crippen molar-refractivity contribution in [1.82, 2.24) is 0 Å². The third kappa shape index (κ3) is 69.0. The van der Waals surface area contributed by atoms with Gasteiger partial charge in [-0.15, -0.1) is 0 Å².